The van der Waals surface area contributed by atoms with Crippen LogP contribution in [0, 0.1) is 5.92 Å². The molecule has 0 aromatic heterocycles. The van der Waals surface area contributed by atoms with Crippen LogP contribution in [0.15, 0.2) is 24.3 Å². The number of nitrogens with zero attached hydrogens (tertiary/aromatic N) is 1. The second kappa shape index (κ2) is 4.77. The smallest absolute Gasteiger partial charge is 0.0836 e. The van der Waals surface area contributed by atoms with Crippen LogP contribution < -0.4 is 0 Å². The SMILES string of the molecule is O[C@H]1c2ccccc2C[C@H]1CN1CCOCC1. The third kappa shape index (κ3) is 2.23. The predicted octanol–water partition coefficient (Wildman–Crippen LogP) is 1.22. The van der Waals surface area contributed by atoms with Gasteiger partial charge in [-0.25, -0.2) is 0 Å². The van der Waals surface area contributed by atoms with Crippen LogP contribution in [-0.4, -0.2) is 42.9 Å². The lowest BCUT2D eigenvalue weighted by Crippen LogP contribution is -2.40. The zero-order valence-electron chi connectivity index (χ0n) is 10.0. The number of aliphatic hydroxyl groups is 1. The number of rotatable bonds is 2. The van der Waals surface area contributed by atoms with Gasteiger partial charge in [-0.2, -0.15) is 0 Å². The first-order chi connectivity index (χ1) is 8.34. The van der Waals surface area contributed by atoms with Crippen molar-refractivity contribution in [2.45, 2.75) is 12.5 Å². The molecule has 3 nitrogen and oxygen atoms in total. The molecular formula is C14H19NO2. The van der Waals surface area contributed by atoms with E-state index in [-0.39, 0.29) is 6.10 Å². The van der Waals surface area contributed by atoms with Crippen molar-refractivity contribution in [1.29, 1.82) is 0 Å². The van der Waals surface area contributed by atoms with Crippen molar-refractivity contribution >= 4 is 0 Å². The van der Waals surface area contributed by atoms with E-state index in [1.807, 2.05) is 6.07 Å². The summed E-state index contributed by atoms with van der Waals surface area (Å²) in [6.45, 7) is 4.64. The van der Waals surface area contributed by atoms with Gasteiger partial charge in [0.1, 0.15) is 0 Å². The Labute approximate surface area is 102 Å². The van der Waals surface area contributed by atoms with Crippen LogP contribution in [-0.2, 0) is 11.2 Å². The Morgan fingerprint density at radius 2 is 2.00 bits per heavy atom. The first-order valence-corrected chi connectivity index (χ1v) is 6.40. The number of ether oxygens (including phenoxy) is 1. The van der Waals surface area contributed by atoms with Gasteiger partial charge in [-0.3, -0.25) is 4.90 Å². The third-order valence-electron chi connectivity index (χ3n) is 3.90. The minimum Gasteiger partial charge on any atom is -0.388 e. The highest BCUT2D eigenvalue weighted by Gasteiger charge is 2.31. The molecule has 0 saturated carbocycles. The predicted molar refractivity (Wildman–Crippen MR) is 65.9 cm³/mol. The van der Waals surface area contributed by atoms with Gasteiger partial charge < -0.3 is 9.84 Å². The number of hydrogen-bond acceptors (Lipinski definition) is 3. The van der Waals surface area contributed by atoms with E-state index in [2.05, 4.69) is 23.1 Å². The summed E-state index contributed by atoms with van der Waals surface area (Å²) in [6.07, 6.45) is 0.725. The molecule has 1 N–H and O–H groups in total. The Kier molecular flexibility index (Phi) is 3.14. The first-order valence-electron chi connectivity index (χ1n) is 6.40. The summed E-state index contributed by atoms with van der Waals surface area (Å²) in [7, 11) is 0. The van der Waals surface area contributed by atoms with E-state index >= 15 is 0 Å². The summed E-state index contributed by atoms with van der Waals surface area (Å²) in [5, 5.41) is 10.3. The maximum atomic E-state index is 10.3. The normalized spacial score (nSPS) is 29.2. The molecule has 0 spiro atoms. The van der Waals surface area contributed by atoms with Gasteiger partial charge in [-0.15, -0.1) is 0 Å². The minimum absolute atomic E-state index is 0.283. The van der Waals surface area contributed by atoms with Gasteiger partial charge in [-0.1, -0.05) is 24.3 Å². The Morgan fingerprint density at radius 3 is 2.76 bits per heavy atom. The van der Waals surface area contributed by atoms with Gasteiger partial charge in [0.15, 0.2) is 0 Å². The second-order valence-electron chi connectivity index (χ2n) is 5.02. The molecule has 0 bridgehead atoms. The zero-order valence-corrected chi connectivity index (χ0v) is 10.0. The fraction of sp³-hybridized carbons (Fsp3) is 0.571. The molecule has 1 aromatic carbocycles. The van der Waals surface area contributed by atoms with Crippen molar-refractivity contribution in [3.63, 3.8) is 0 Å². The van der Waals surface area contributed by atoms with Crippen LogP contribution in [0.3, 0.4) is 0 Å². The van der Waals surface area contributed by atoms with E-state index in [9.17, 15) is 5.11 Å². The van der Waals surface area contributed by atoms with Gasteiger partial charge in [0.25, 0.3) is 0 Å². The second-order valence-corrected chi connectivity index (χ2v) is 5.02. The van der Waals surface area contributed by atoms with Crippen molar-refractivity contribution < 1.29 is 9.84 Å². The van der Waals surface area contributed by atoms with Crippen LogP contribution in [0.2, 0.25) is 0 Å². The zero-order chi connectivity index (χ0) is 11.7. The van der Waals surface area contributed by atoms with Crippen molar-refractivity contribution in [2.75, 3.05) is 32.8 Å². The highest BCUT2D eigenvalue weighted by atomic mass is 16.5. The summed E-state index contributed by atoms with van der Waals surface area (Å²) in [6, 6.07) is 8.26. The van der Waals surface area contributed by atoms with Gasteiger partial charge in [0.2, 0.25) is 0 Å². The molecule has 1 aliphatic carbocycles. The molecule has 0 radical (unpaired) electrons. The Morgan fingerprint density at radius 1 is 1.24 bits per heavy atom. The summed E-state index contributed by atoms with van der Waals surface area (Å²) in [4.78, 5) is 2.41. The van der Waals surface area contributed by atoms with E-state index in [0.29, 0.717) is 5.92 Å². The average molecular weight is 233 g/mol. The van der Waals surface area contributed by atoms with Gasteiger partial charge in [0.05, 0.1) is 19.3 Å². The van der Waals surface area contributed by atoms with E-state index in [1.165, 1.54) is 5.56 Å². The molecule has 92 valence electrons. The lowest BCUT2D eigenvalue weighted by atomic mass is 10.0. The number of aliphatic hydroxyl groups excluding tert-OH is 1. The monoisotopic (exact) mass is 233 g/mol. The van der Waals surface area contributed by atoms with Gasteiger partial charge in [-0.05, 0) is 17.5 Å². The molecule has 1 aromatic rings. The van der Waals surface area contributed by atoms with Gasteiger partial charge in [0, 0.05) is 25.6 Å². The van der Waals surface area contributed by atoms with Crippen molar-refractivity contribution in [3.05, 3.63) is 35.4 Å². The van der Waals surface area contributed by atoms with Crippen molar-refractivity contribution in [2.24, 2.45) is 5.92 Å². The van der Waals surface area contributed by atoms with Crippen molar-refractivity contribution in [1.82, 2.24) is 4.90 Å². The van der Waals surface area contributed by atoms with Crippen molar-refractivity contribution in [3.8, 4) is 0 Å². The van der Waals surface area contributed by atoms with Crippen LogP contribution in [0.25, 0.3) is 0 Å². The number of fused-ring (bicyclic) bond motifs is 1. The fourth-order valence-electron chi connectivity index (χ4n) is 2.94. The Hall–Kier alpha value is -0.900. The topological polar surface area (TPSA) is 32.7 Å². The minimum atomic E-state index is -0.283. The van der Waals surface area contributed by atoms with E-state index in [0.717, 1.165) is 44.8 Å². The van der Waals surface area contributed by atoms with Crippen LogP contribution >= 0.6 is 0 Å². The molecule has 2 atom stereocenters. The highest BCUT2D eigenvalue weighted by molar-refractivity contribution is 5.34. The number of benzene rings is 1. The first kappa shape index (κ1) is 11.2. The third-order valence-corrected chi connectivity index (χ3v) is 3.90. The number of morpholine rings is 1. The summed E-state index contributed by atoms with van der Waals surface area (Å²) < 4.78 is 5.35. The van der Waals surface area contributed by atoms with Crippen LogP contribution in [0.4, 0.5) is 0 Å². The largest absolute Gasteiger partial charge is 0.388 e. The molecule has 1 fully saturated rings. The van der Waals surface area contributed by atoms with E-state index in [1.54, 1.807) is 0 Å². The molecule has 3 rings (SSSR count). The standard InChI is InChI=1S/C14H19NO2/c16-14-12(10-15-5-7-17-8-6-15)9-11-3-1-2-4-13(11)14/h1-4,12,14,16H,5-10H2/t12-,14+/m0/s1. The summed E-state index contributed by atoms with van der Waals surface area (Å²) >= 11 is 0. The maximum absolute atomic E-state index is 10.3. The lowest BCUT2D eigenvalue weighted by Gasteiger charge is -2.30. The van der Waals surface area contributed by atoms with Gasteiger partial charge >= 0.3 is 0 Å². The molecular weight excluding hydrogens is 214 g/mol. The summed E-state index contributed by atoms with van der Waals surface area (Å²) in [5.41, 5.74) is 2.45. The molecule has 1 aliphatic heterocycles. The Bertz CT molecular complexity index is 388. The van der Waals surface area contributed by atoms with Crippen LogP contribution in [0.1, 0.15) is 17.2 Å². The fourth-order valence-corrected chi connectivity index (χ4v) is 2.94. The quantitative estimate of drug-likeness (QED) is 0.834. The Balaban J connectivity index is 1.67. The molecule has 1 heterocycles. The van der Waals surface area contributed by atoms with Crippen LogP contribution in [0.5, 0.6) is 0 Å². The van der Waals surface area contributed by atoms with E-state index in [4.69, 9.17) is 4.74 Å². The average Bonchev–Trinajstić information content (AvgIpc) is 2.68. The number of hydrogen-bond donors (Lipinski definition) is 1. The highest BCUT2D eigenvalue weighted by Crippen LogP contribution is 2.36. The molecule has 1 saturated heterocycles. The molecule has 0 amide bonds. The molecule has 0 unspecified atom stereocenters. The van der Waals surface area contributed by atoms with E-state index < -0.39 is 0 Å². The maximum Gasteiger partial charge on any atom is 0.0836 e. The molecule has 2 aliphatic rings. The molecule has 3 heteroatoms. The lowest BCUT2D eigenvalue weighted by molar-refractivity contribution is 0.0155. The summed E-state index contributed by atoms with van der Waals surface area (Å²) in [5.74, 6) is 0.352. The molecule has 17 heavy (non-hydrogen) atoms.